The Bertz CT molecular complexity index is 875. The largest absolute Gasteiger partial charge is 0.496 e. The van der Waals surface area contributed by atoms with E-state index >= 15 is 0 Å². The molecule has 5 heteroatoms. The molecule has 28 heavy (non-hydrogen) atoms. The number of unbranched alkanes of at least 4 members (excludes halogenated alkanes) is 1. The van der Waals surface area contributed by atoms with Crippen LogP contribution in [-0.4, -0.2) is 27.6 Å². The minimum absolute atomic E-state index is 0.172. The fraction of sp³-hybridized carbons (Fsp3) is 0.435. The zero-order valence-electron chi connectivity index (χ0n) is 17.0. The molecule has 2 rings (SSSR count). The number of hydrogen-bond acceptors (Lipinski definition) is 4. The van der Waals surface area contributed by atoms with Crippen LogP contribution in [0.15, 0.2) is 53.4 Å². The van der Waals surface area contributed by atoms with Crippen molar-refractivity contribution in [1.82, 2.24) is 0 Å². The molecule has 0 aliphatic carbocycles. The second kappa shape index (κ2) is 9.87. The molecule has 0 radical (unpaired) electrons. The third-order valence-corrected chi connectivity index (χ3v) is 7.34. The lowest BCUT2D eigenvalue weighted by atomic mass is 9.84. The fourth-order valence-corrected chi connectivity index (χ4v) is 5.68. The number of carbonyl (C=O) groups excluding carboxylic acids is 1. The summed E-state index contributed by atoms with van der Waals surface area (Å²) in [5, 5.41) is 0. The first-order valence-corrected chi connectivity index (χ1v) is 11.5. The van der Waals surface area contributed by atoms with E-state index < -0.39 is 15.3 Å². The van der Waals surface area contributed by atoms with Crippen LogP contribution < -0.4 is 4.74 Å². The molecule has 0 saturated carbocycles. The van der Waals surface area contributed by atoms with Gasteiger partial charge in [-0.1, -0.05) is 63.1 Å². The van der Waals surface area contributed by atoms with Crippen LogP contribution in [0, 0.1) is 5.41 Å². The standard InChI is InChI=1S/C23H30O4S/c1-4-6-15-23(5-2,17-24)18-28(25,26)22-14-10-13-21(27-3)20(22)16-19-11-8-7-9-12-19/h7-14,17H,4-6,15-16,18H2,1-3H3. The predicted molar refractivity (Wildman–Crippen MR) is 113 cm³/mol. The van der Waals surface area contributed by atoms with E-state index in [1.807, 2.05) is 44.2 Å². The summed E-state index contributed by atoms with van der Waals surface area (Å²) in [7, 11) is -2.12. The smallest absolute Gasteiger partial charge is 0.179 e. The van der Waals surface area contributed by atoms with Gasteiger partial charge in [-0.25, -0.2) is 8.42 Å². The van der Waals surface area contributed by atoms with Gasteiger partial charge in [0.15, 0.2) is 9.84 Å². The first-order chi connectivity index (χ1) is 13.4. The van der Waals surface area contributed by atoms with Crippen LogP contribution in [0.2, 0.25) is 0 Å². The highest BCUT2D eigenvalue weighted by molar-refractivity contribution is 7.91. The van der Waals surface area contributed by atoms with Gasteiger partial charge >= 0.3 is 0 Å². The number of ether oxygens (including phenoxy) is 1. The van der Waals surface area contributed by atoms with Gasteiger partial charge in [0.1, 0.15) is 12.0 Å². The van der Waals surface area contributed by atoms with Gasteiger partial charge < -0.3 is 9.53 Å². The highest BCUT2D eigenvalue weighted by Gasteiger charge is 2.35. The molecule has 0 aliphatic heterocycles. The van der Waals surface area contributed by atoms with Gasteiger partial charge in [-0.2, -0.15) is 0 Å². The van der Waals surface area contributed by atoms with Crippen molar-refractivity contribution < 1.29 is 17.9 Å². The number of sulfone groups is 1. The van der Waals surface area contributed by atoms with E-state index in [9.17, 15) is 13.2 Å². The molecule has 0 bridgehead atoms. The van der Waals surface area contributed by atoms with Gasteiger partial charge in [0, 0.05) is 17.4 Å². The molecule has 0 saturated heterocycles. The Balaban J connectivity index is 2.48. The minimum atomic E-state index is -3.67. The Labute approximate surface area is 168 Å². The summed E-state index contributed by atoms with van der Waals surface area (Å²) in [6, 6.07) is 14.8. The Morgan fingerprint density at radius 3 is 2.32 bits per heavy atom. The molecule has 1 atom stereocenters. The van der Waals surface area contributed by atoms with Gasteiger partial charge in [0.2, 0.25) is 0 Å². The summed E-state index contributed by atoms with van der Waals surface area (Å²) >= 11 is 0. The predicted octanol–water partition coefficient (Wildman–Crippen LogP) is 4.85. The quantitative estimate of drug-likeness (QED) is 0.504. The van der Waals surface area contributed by atoms with E-state index in [-0.39, 0.29) is 10.6 Å². The molecule has 0 aromatic heterocycles. The van der Waals surface area contributed by atoms with E-state index in [0.717, 1.165) is 24.7 Å². The molecule has 0 aliphatic rings. The molecule has 0 amide bonds. The van der Waals surface area contributed by atoms with Crippen LogP contribution in [0.3, 0.4) is 0 Å². The van der Waals surface area contributed by atoms with Crippen LogP contribution in [0.5, 0.6) is 5.75 Å². The normalized spacial score (nSPS) is 13.7. The summed E-state index contributed by atoms with van der Waals surface area (Å²) in [5.41, 5.74) is 0.802. The molecular formula is C23H30O4S. The van der Waals surface area contributed by atoms with E-state index in [1.165, 1.54) is 0 Å². The van der Waals surface area contributed by atoms with Gasteiger partial charge in [-0.3, -0.25) is 0 Å². The van der Waals surface area contributed by atoms with Crippen molar-refractivity contribution in [1.29, 1.82) is 0 Å². The Morgan fingerprint density at radius 2 is 1.75 bits per heavy atom. The number of rotatable bonds is 11. The lowest BCUT2D eigenvalue weighted by molar-refractivity contribution is -0.115. The molecule has 0 fully saturated rings. The third kappa shape index (κ3) is 5.22. The molecular weight excluding hydrogens is 372 g/mol. The molecule has 1 unspecified atom stereocenters. The maximum atomic E-state index is 13.4. The van der Waals surface area contributed by atoms with Crippen molar-refractivity contribution in [3.05, 3.63) is 59.7 Å². The molecule has 4 nitrogen and oxygen atoms in total. The van der Waals surface area contributed by atoms with Crippen LogP contribution in [0.4, 0.5) is 0 Å². The summed E-state index contributed by atoms with van der Waals surface area (Å²) in [4.78, 5) is 12.1. The number of carbonyl (C=O) groups is 1. The van der Waals surface area contributed by atoms with Crippen molar-refractivity contribution in [2.24, 2.45) is 5.41 Å². The monoisotopic (exact) mass is 402 g/mol. The molecule has 152 valence electrons. The average molecular weight is 403 g/mol. The Hall–Kier alpha value is -2.14. The summed E-state index contributed by atoms with van der Waals surface area (Å²) in [6.45, 7) is 3.93. The first-order valence-electron chi connectivity index (χ1n) is 9.80. The molecule has 0 N–H and O–H groups in total. The highest BCUT2D eigenvalue weighted by atomic mass is 32.2. The van der Waals surface area contributed by atoms with Gasteiger partial charge in [0.25, 0.3) is 0 Å². The SMILES string of the molecule is CCCCC(C=O)(CC)CS(=O)(=O)c1cccc(OC)c1Cc1ccccc1. The number of benzene rings is 2. The fourth-order valence-electron chi connectivity index (χ4n) is 3.51. The summed E-state index contributed by atoms with van der Waals surface area (Å²) in [6.07, 6.45) is 4.14. The summed E-state index contributed by atoms with van der Waals surface area (Å²) in [5.74, 6) is 0.376. The van der Waals surface area contributed by atoms with Crippen molar-refractivity contribution in [3.63, 3.8) is 0 Å². The Morgan fingerprint density at radius 1 is 1.04 bits per heavy atom. The van der Waals surface area contributed by atoms with E-state index in [1.54, 1.807) is 25.3 Å². The maximum Gasteiger partial charge on any atom is 0.179 e. The zero-order valence-corrected chi connectivity index (χ0v) is 17.8. The third-order valence-electron chi connectivity index (χ3n) is 5.33. The van der Waals surface area contributed by atoms with Crippen LogP contribution >= 0.6 is 0 Å². The highest BCUT2D eigenvalue weighted by Crippen LogP contribution is 2.35. The van der Waals surface area contributed by atoms with Gasteiger partial charge in [-0.15, -0.1) is 0 Å². The minimum Gasteiger partial charge on any atom is -0.496 e. The van der Waals surface area contributed by atoms with Crippen LogP contribution in [0.25, 0.3) is 0 Å². The number of hydrogen-bond donors (Lipinski definition) is 0. The second-order valence-corrected chi connectivity index (χ2v) is 9.25. The van der Waals surface area contributed by atoms with Gasteiger partial charge in [-0.05, 0) is 30.5 Å². The van der Waals surface area contributed by atoms with Crippen molar-refractivity contribution in [2.45, 2.75) is 50.8 Å². The number of aldehydes is 1. The van der Waals surface area contributed by atoms with E-state index in [2.05, 4.69) is 0 Å². The lowest BCUT2D eigenvalue weighted by Crippen LogP contribution is -2.32. The maximum absolute atomic E-state index is 13.4. The first kappa shape index (κ1) is 22.2. The van der Waals surface area contributed by atoms with Gasteiger partial charge in [0.05, 0.1) is 17.8 Å². The van der Waals surface area contributed by atoms with Crippen molar-refractivity contribution in [2.75, 3.05) is 12.9 Å². The zero-order chi connectivity index (χ0) is 20.6. The second-order valence-electron chi connectivity index (χ2n) is 7.30. The van der Waals surface area contributed by atoms with Crippen molar-refractivity contribution in [3.8, 4) is 5.75 Å². The van der Waals surface area contributed by atoms with E-state index in [4.69, 9.17) is 4.74 Å². The summed E-state index contributed by atoms with van der Waals surface area (Å²) < 4.78 is 32.3. The molecule has 0 heterocycles. The lowest BCUT2D eigenvalue weighted by Gasteiger charge is -2.27. The molecule has 2 aromatic rings. The molecule has 0 spiro atoms. The number of methoxy groups -OCH3 is 1. The van der Waals surface area contributed by atoms with E-state index in [0.29, 0.717) is 30.6 Å². The molecule has 2 aromatic carbocycles. The topological polar surface area (TPSA) is 60.4 Å². The van der Waals surface area contributed by atoms with Crippen molar-refractivity contribution >= 4 is 16.1 Å². The average Bonchev–Trinajstić information content (AvgIpc) is 2.72. The Kier molecular flexibility index (Phi) is 7.81. The van der Waals surface area contributed by atoms with Crippen LogP contribution in [0.1, 0.15) is 50.7 Å². The van der Waals surface area contributed by atoms with Crippen LogP contribution in [-0.2, 0) is 21.1 Å².